The van der Waals surface area contributed by atoms with E-state index in [1.165, 1.54) is 24.8 Å². The molecule has 1 aromatic rings. The fourth-order valence-corrected chi connectivity index (χ4v) is 3.79. The highest BCUT2D eigenvalue weighted by molar-refractivity contribution is 5.89. The first-order chi connectivity index (χ1) is 17.0. The maximum Gasteiger partial charge on any atom is 0.338 e. The lowest BCUT2D eigenvalue weighted by Crippen LogP contribution is -2.41. The molecule has 1 atom stereocenters. The number of hydrogen-bond acceptors (Lipinski definition) is 5. The summed E-state index contributed by atoms with van der Waals surface area (Å²) in [6.45, 7) is 5.57. The molecule has 0 saturated heterocycles. The Balaban J connectivity index is 2.05. The zero-order valence-corrected chi connectivity index (χ0v) is 22.0. The molecule has 8 nitrogen and oxygen atoms in total. The van der Waals surface area contributed by atoms with Crippen LogP contribution < -0.4 is 5.32 Å². The highest BCUT2D eigenvalue weighted by Gasteiger charge is 2.20. The molecule has 1 aromatic carbocycles. The molecule has 36 heavy (non-hydrogen) atoms. The molecule has 0 aliphatic rings. The first kappa shape index (κ1) is 31.1. The molecule has 0 bridgehead atoms. The molecular weight excluding hydrogens is 462 g/mol. The number of amides is 1. The van der Waals surface area contributed by atoms with Gasteiger partial charge in [0.2, 0.25) is 5.91 Å². The monoisotopic (exact) mass is 505 g/mol. The van der Waals surface area contributed by atoms with Gasteiger partial charge in [0.05, 0.1) is 5.56 Å². The van der Waals surface area contributed by atoms with Crippen LogP contribution in [0.15, 0.2) is 24.3 Å². The summed E-state index contributed by atoms with van der Waals surface area (Å²) in [7, 11) is 0. The second-order valence-corrected chi connectivity index (χ2v) is 10.3. The number of unbranched alkanes of at least 4 members (excludes halogenated alkanes) is 8. The number of carboxylic acids is 2. The van der Waals surface area contributed by atoms with Gasteiger partial charge in [0.1, 0.15) is 11.6 Å². The standard InChI is InChI=1S/C28H43NO7/c1-28(2,3)36-27(35)22-17-15-21(16-18-22)13-11-9-7-5-4-6-8-10-12-14-24(30)29-23(26(33)34)19-20-25(31)32/h15-18,23H,4-14,19-20H2,1-3H3,(H,29,30)(H,31,32)(H,33,34)/t23-/m0/s1. The largest absolute Gasteiger partial charge is 0.481 e. The second kappa shape index (κ2) is 16.7. The number of carboxylic acid groups (broad SMARTS) is 2. The average molecular weight is 506 g/mol. The minimum Gasteiger partial charge on any atom is -0.481 e. The van der Waals surface area contributed by atoms with E-state index in [4.69, 9.17) is 14.9 Å². The summed E-state index contributed by atoms with van der Waals surface area (Å²) in [6, 6.07) is 6.51. The summed E-state index contributed by atoms with van der Waals surface area (Å²) in [6.07, 6.45) is 10.4. The Morgan fingerprint density at radius 2 is 1.33 bits per heavy atom. The van der Waals surface area contributed by atoms with Gasteiger partial charge in [0, 0.05) is 12.8 Å². The van der Waals surface area contributed by atoms with Crippen LogP contribution in [0.1, 0.15) is 114 Å². The topological polar surface area (TPSA) is 130 Å². The maximum absolute atomic E-state index is 12.1. The highest BCUT2D eigenvalue weighted by Crippen LogP contribution is 2.15. The quantitative estimate of drug-likeness (QED) is 0.177. The van der Waals surface area contributed by atoms with Crippen molar-refractivity contribution >= 4 is 23.8 Å². The van der Waals surface area contributed by atoms with E-state index in [1.807, 2.05) is 45.0 Å². The van der Waals surface area contributed by atoms with Gasteiger partial charge in [-0.2, -0.15) is 0 Å². The molecule has 0 unspecified atom stereocenters. The van der Waals surface area contributed by atoms with Crippen molar-refractivity contribution in [3.8, 4) is 0 Å². The lowest BCUT2D eigenvalue weighted by atomic mass is 10.0. The van der Waals surface area contributed by atoms with Gasteiger partial charge in [-0.05, 0) is 64.2 Å². The van der Waals surface area contributed by atoms with Crippen molar-refractivity contribution in [1.29, 1.82) is 0 Å². The first-order valence-electron chi connectivity index (χ1n) is 13.0. The molecule has 0 saturated carbocycles. The molecule has 202 valence electrons. The van der Waals surface area contributed by atoms with Crippen molar-refractivity contribution in [1.82, 2.24) is 5.32 Å². The Kier molecular flexibility index (Phi) is 14.5. The van der Waals surface area contributed by atoms with Crippen LogP contribution in [0.25, 0.3) is 0 Å². The third-order valence-corrected chi connectivity index (χ3v) is 5.74. The zero-order chi connectivity index (χ0) is 27.0. The van der Waals surface area contributed by atoms with Crippen LogP contribution in [-0.2, 0) is 25.5 Å². The lowest BCUT2D eigenvalue weighted by Gasteiger charge is -2.19. The minimum absolute atomic E-state index is 0.114. The normalized spacial score (nSPS) is 12.1. The molecule has 3 N–H and O–H groups in total. The highest BCUT2D eigenvalue weighted by atomic mass is 16.6. The molecule has 0 fully saturated rings. The van der Waals surface area contributed by atoms with E-state index in [1.54, 1.807) is 0 Å². The number of aliphatic carboxylic acids is 2. The van der Waals surface area contributed by atoms with E-state index in [0.717, 1.165) is 38.5 Å². The summed E-state index contributed by atoms with van der Waals surface area (Å²) in [5.74, 6) is -2.92. The number of carbonyl (C=O) groups is 4. The molecule has 1 amide bonds. The van der Waals surface area contributed by atoms with Crippen LogP contribution in [-0.4, -0.2) is 45.7 Å². The predicted molar refractivity (Wildman–Crippen MR) is 138 cm³/mol. The number of esters is 1. The number of ether oxygens (including phenoxy) is 1. The van der Waals surface area contributed by atoms with Gasteiger partial charge < -0.3 is 20.3 Å². The molecular formula is C28H43NO7. The van der Waals surface area contributed by atoms with Gasteiger partial charge in [0.15, 0.2) is 0 Å². The van der Waals surface area contributed by atoms with Gasteiger partial charge in [0.25, 0.3) is 0 Å². The molecule has 0 radical (unpaired) electrons. The summed E-state index contributed by atoms with van der Waals surface area (Å²) in [4.78, 5) is 45.7. The lowest BCUT2D eigenvalue weighted by molar-refractivity contribution is -0.143. The Morgan fingerprint density at radius 3 is 1.83 bits per heavy atom. The predicted octanol–water partition coefficient (Wildman–Crippen LogP) is 5.52. The van der Waals surface area contributed by atoms with Gasteiger partial charge in [-0.3, -0.25) is 9.59 Å². The molecule has 0 aliphatic carbocycles. The van der Waals surface area contributed by atoms with Crippen LogP contribution in [0.3, 0.4) is 0 Å². The van der Waals surface area contributed by atoms with Crippen LogP contribution >= 0.6 is 0 Å². The van der Waals surface area contributed by atoms with Gasteiger partial charge in [-0.25, -0.2) is 9.59 Å². The van der Waals surface area contributed by atoms with Gasteiger partial charge in [-0.1, -0.05) is 57.1 Å². The van der Waals surface area contributed by atoms with Gasteiger partial charge in [-0.15, -0.1) is 0 Å². The van der Waals surface area contributed by atoms with Crippen LogP contribution in [0.2, 0.25) is 0 Å². The van der Waals surface area contributed by atoms with Crippen molar-refractivity contribution in [3.05, 3.63) is 35.4 Å². The fourth-order valence-electron chi connectivity index (χ4n) is 3.79. The molecule has 0 aliphatic heterocycles. The van der Waals surface area contributed by atoms with Crippen LogP contribution in [0.4, 0.5) is 0 Å². The smallest absolute Gasteiger partial charge is 0.338 e. The Labute approximate surface area is 214 Å². The minimum atomic E-state index is -1.21. The van der Waals surface area contributed by atoms with Crippen molar-refractivity contribution in [2.24, 2.45) is 0 Å². The van der Waals surface area contributed by atoms with Gasteiger partial charge >= 0.3 is 17.9 Å². The van der Waals surface area contributed by atoms with Crippen LogP contribution in [0.5, 0.6) is 0 Å². The van der Waals surface area contributed by atoms with Crippen molar-refractivity contribution in [2.45, 2.75) is 116 Å². The first-order valence-corrected chi connectivity index (χ1v) is 13.0. The second-order valence-electron chi connectivity index (χ2n) is 10.3. The molecule has 8 heteroatoms. The number of carbonyl (C=O) groups excluding carboxylic acids is 2. The van der Waals surface area contributed by atoms with E-state index in [9.17, 15) is 19.2 Å². The Bertz CT molecular complexity index is 827. The molecule has 0 heterocycles. The third-order valence-electron chi connectivity index (χ3n) is 5.74. The molecule has 0 spiro atoms. The Hall–Kier alpha value is -2.90. The fraction of sp³-hybridized carbons (Fsp3) is 0.643. The number of nitrogens with one attached hydrogen (secondary N) is 1. The Morgan fingerprint density at radius 1 is 0.806 bits per heavy atom. The molecule has 1 rings (SSSR count). The average Bonchev–Trinajstić information content (AvgIpc) is 2.79. The summed E-state index contributed by atoms with van der Waals surface area (Å²) in [5, 5.41) is 20.1. The molecule has 0 aromatic heterocycles. The van der Waals surface area contributed by atoms with E-state index in [-0.39, 0.29) is 31.1 Å². The summed E-state index contributed by atoms with van der Waals surface area (Å²) in [5.41, 5.74) is 1.31. The van der Waals surface area contributed by atoms with Crippen molar-refractivity contribution in [2.75, 3.05) is 0 Å². The maximum atomic E-state index is 12.1. The number of rotatable bonds is 18. The van der Waals surface area contributed by atoms with E-state index in [2.05, 4.69) is 5.32 Å². The summed E-state index contributed by atoms with van der Waals surface area (Å²) >= 11 is 0. The third kappa shape index (κ3) is 15.2. The van der Waals surface area contributed by atoms with E-state index >= 15 is 0 Å². The van der Waals surface area contributed by atoms with E-state index in [0.29, 0.717) is 12.0 Å². The zero-order valence-electron chi connectivity index (χ0n) is 22.0. The van der Waals surface area contributed by atoms with E-state index < -0.39 is 23.6 Å². The SMILES string of the molecule is CC(C)(C)OC(=O)c1ccc(CCCCCCCCCCCC(=O)N[C@@H](CCC(=O)O)C(=O)O)cc1. The van der Waals surface area contributed by atoms with Crippen molar-refractivity contribution in [3.63, 3.8) is 0 Å². The van der Waals surface area contributed by atoms with Crippen LogP contribution in [0, 0.1) is 0 Å². The number of aryl methyl sites for hydroxylation is 1. The van der Waals surface area contributed by atoms with Crippen molar-refractivity contribution < 1.29 is 34.1 Å². The number of benzene rings is 1. The number of hydrogen-bond donors (Lipinski definition) is 3. The summed E-state index contributed by atoms with van der Waals surface area (Å²) < 4.78 is 5.38.